The van der Waals surface area contributed by atoms with Gasteiger partial charge in [-0.2, -0.15) is 10.5 Å². The van der Waals surface area contributed by atoms with Gasteiger partial charge in [-0.3, -0.25) is 9.69 Å². The standard InChI is InChI=1S/C23H27FN6O5/c1-3-34-21(32)28-20(11-25)23(14-26)6-8-29(9-7-23)19-5-4-16(10-18(19)24)30-13-17(35-22(30)33)12-27-15(2)31/h4-5,10,17,20H,3,6-9,12-13H2,1-2H3,(H,27,31)(H,28,32). The summed E-state index contributed by atoms with van der Waals surface area (Å²) in [6, 6.07) is 7.49. The van der Waals surface area contributed by atoms with Gasteiger partial charge in [-0.05, 0) is 38.0 Å². The molecule has 0 radical (unpaired) electrons. The predicted molar refractivity (Wildman–Crippen MR) is 122 cm³/mol. The van der Waals surface area contributed by atoms with Crippen LogP contribution in [0.2, 0.25) is 0 Å². The molecule has 35 heavy (non-hydrogen) atoms. The number of carbonyl (C=O) groups excluding carboxylic acids is 3. The summed E-state index contributed by atoms with van der Waals surface area (Å²) >= 11 is 0. The highest BCUT2D eigenvalue weighted by atomic mass is 19.1. The monoisotopic (exact) mass is 486 g/mol. The van der Waals surface area contributed by atoms with Crippen molar-refractivity contribution in [2.45, 2.75) is 38.8 Å². The van der Waals surface area contributed by atoms with E-state index in [0.29, 0.717) is 11.4 Å². The maximum atomic E-state index is 15.1. The van der Waals surface area contributed by atoms with Crippen molar-refractivity contribution in [3.05, 3.63) is 24.0 Å². The topological polar surface area (TPSA) is 148 Å². The van der Waals surface area contributed by atoms with Crippen LogP contribution in [0.5, 0.6) is 0 Å². The molecular weight excluding hydrogens is 459 g/mol. The Morgan fingerprint density at radius 3 is 2.63 bits per heavy atom. The van der Waals surface area contributed by atoms with E-state index in [2.05, 4.69) is 16.7 Å². The second kappa shape index (κ2) is 10.9. The molecule has 11 nitrogen and oxygen atoms in total. The predicted octanol–water partition coefficient (Wildman–Crippen LogP) is 2.04. The van der Waals surface area contributed by atoms with Gasteiger partial charge in [-0.1, -0.05) is 0 Å². The molecule has 0 spiro atoms. The zero-order valence-electron chi connectivity index (χ0n) is 19.5. The molecule has 12 heteroatoms. The van der Waals surface area contributed by atoms with Gasteiger partial charge in [-0.15, -0.1) is 0 Å². The third-order valence-corrected chi connectivity index (χ3v) is 6.13. The number of nitriles is 2. The average molecular weight is 487 g/mol. The molecule has 2 unspecified atom stereocenters. The van der Waals surface area contributed by atoms with Crippen LogP contribution in [0.25, 0.3) is 0 Å². The van der Waals surface area contributed by atoms with Crippen molar-refractivity contribution in [2.24, 2.45) is 5.41 Å². The SMILES string of the molecule is CCOC(=O)NC(C#N)C1(C#N)CCN(c2ccc(N3CC(CNC(C)=O)OC3=O)cc2F)CC1. The number of rotatable bonds is 7. The largest absolute Gasteiger partial charge is 0.450 e. The zero-order chi connectivity index (χ0) is 25.6. The van der Waals surface area contributed by atoms with Crippen LogP contribution < -0.4 is 20.4 Å². The van der Waals surface area contributed by atoms with Crippen LogP contribution in [0.15, 0.2) is 18.2 Å². The van der Waals surface area contributed by atoms with Crippen molar-refractivity contribution in [3.63, 3.8) is 0 Å². The lowest BCUT2D eigenvalue weighted by atomic mass is 9.74. The van der Waals surface area contributed by atoms with Crippen LogP contribution in [0.4, 0.5) is 25.4 Å². The summed E-state index contributed by atoms with van der Waals surface area (Å²) in [5, 5.41) is 24.4. The second-order valence-electron chi connectivity index (χ2n) is 8.37. The van der Waals surface area contributed by atoms with Crippen molar-refractivity contribution >= 4 is 29.5 Å². The van der Waals surface area contributed by atoms with Crippen LogP contribution in [0, 0.1) is 33.9 Å². The number of carbonyl (C=O) groups is 3. The van der Waals surface area contributed by atoms with Crippen LogP contribution in [-0.4, -0.2) is 63.0 Å². The van der Waals surface area contributed by atoms with Gasteiger partial charge in [0, 0.05) is 20.0 Å². The first-order valence-corrected chi connectivity index (χ1v) is 11.2. The first-order valence-electron chi connectivity index (χ1n) is 11.2. The molecule has 2 fully saturated rings. The molecule has 1 aromatic carbocycles. The fraction of sp³-hybridized carbons (Fsp3) is 0.522. The van der Waals surface area contributed by atoms with Crippen molar-refractivity contribution in [3.8, 4) is 12.1 Å². The minimum absolute atomic E-state index is 0.137. The number of anilines is 2. The molecule has 0 aromatic heterocycles. The number of nitrogens with one attached hydrogen (secondary N) is 2. The normalized spacial score (nSPS) is 19.7. The summed E-state index contributed by atoms with van der Waals surface area (Å²) in [6.45, 7) is 4.06. The Bertz CT molecular complexity index is 1060. The molecule has 1 aromatic rings. The van der Waals surface area contributed by atoms with Gasteiger partial charge in [0.1, 0.15) is 18.0 Å². The lowest BCUT2D eigenvalue weighted by Crippen LogP contribution is -2.52. The molecule has 2 N–H and O–H groups in total. The fourth-order valence-electron chi connectivity index (χ4n) is 4.21. The van der Waals surface area contributed by atoms with E-state index in [1.807, 2.05) is 6.07 Å². The molecule has 186 valence electrons. The van der Waals surface area contributed by atoms with E-state index in [9.17, 15) is 24.9 Å². The lowest BCUT2D eigenvalue weighted by Gasteiger charge is -2.40. The van der Waals surface area contributed by atoms with Crippen molar-refractivity contribution in [2.75, 3.05) is 42.6 Å². The molecule has 3 rings (SSSR count). The van der Waals surface area contributed by atoms with Gasteiger partial charge >= 0.3 is 12.2 Å². The van der Waals surface area contributed by atoms with E-state index in [4.69, 9.17) is 9.47 Å². The number of halogens is 1. The van der Waals surface area contributed by atoms with Crippen molar-refractivity contribution in [1.29, 1.82) is 10.5 Å². The Hall–Kier alpha value is -4.06. The summed E-state index contributed by atoms with van der Waals surface area (Å²) in [6.07, 6.45) is -1.46. The molecule has 2 heterocycles. The number of piperidine rings is 1. The van der Waals surface area contributed by atoms with Crippen LogP contribution in [0.1, 0.15) is 26.7 Å². The Labute approximate surface area is 202 Å². The maximum Gasteiger partial charge on any atom is 0.414 e. The van der Waals surface area contributed by atoms with E-state index < -0.39 is 35.6 Å². The van der Waals surface area contributed by atoms with Crippen LogP contribution >= 0.6 is 0 Å². The van der Waals surface area contributed by atoms with Crippen molar-refractivity contribution < 1.29 is 28.2 Å². The Morgan fingerprint density at radius 1 is 1.34 bits per heavy atom. The number of benzene rings is 1. The fourth-order valence-corrected chi connectivity index (χ4v) is 4.21. The van der Waals surface area contributed by atoms with Gasteiger partial charge in [0.2, 0.25) is 5.91 Å². The summed E-state index contributed by atoms with van der Waals surface area (Å²) in [7, 11) is 0. The van der Waals surface area contributed by atoms with Gasteiger partial charge < -0.3 is 25.0 Å². The quantitative estimate of drug-likeness (QED) is 0.595. The van der Waals surface area contributed by atoms with E-state index >= 15 is 4.39 Å². The Kier molecular flexibility index (Phi) is 7.97. The van der Waals surface area contributed by atoms with Crippen molar-refractivity contribution in [1.82, 2.24) is 10.6 Å². The summed E-state index contributed by atoms with van der Waals surface area (Å²) in [5.41, 5.74) is -0.501. The lowest BCUT2D eigenvalue weighted by molar-refractivity contribution is -0.119. The maximum absolute atomic E-state index is 15.1. The molecule has 0 saturated carbocycles. The van der Waals surface area contributed by atoms with Gasteiger partial charge in [0.25, 0.3) is 0 Å². The molecule has 2 atom stereocenters. The zero-order valence-corrected chi connectivity index (χ0v) is 19.5. The van der Waals surface area contributed by atoms with Gasteiger partial charge in [-0.25, -0.2) is 14.0 Å². The minimum atomic E-state index is -1.13. The third-order valence-electron chi connectivity index (χ3n) is 6.13. The number of hydrogen-bond acceptors (Lipinski definition) is 8. The summed E-state index contributed by atoms with van der Waals surface area (Å²) < 4.78 is 25.1. The highest BCUT2D eigenvalue weighted by Gasteiger charge is 2.44. The third kappa shape index (κ3) is 5.72. The van der Waals surface area contributed by atoms with E-state index in [0.717, 1.165) is 0 Å². The van der Waals surface area contributed by atoms with E-state index in [1.54, 1.807) is 24.0 Å². The first-order chi connectivity index (χ1) is 16.7. The van der Waals surface area contributed by atoms with Crippen LogP contribution in [0.3, 0.4) is 0 Å². The summed E-state index contributed by atoms with van der Waals surface area (Å²) in [5.74, 6) is -0.791. The smallest absolute Gasteiger partial charge is 0.414 e. The Morgan fingerprint density at radius 2 is 2.06 bits per heavy atom. The number of nitrogens with zero attached hydrogens (tertiary/aromatic N) is 4. The average Bonchev–Trinajstić information content (AvgIpc) is 3.22. The number of hydrogen-bond donors (Lipinski definition) is 2. The van der Waals surface area contributed by atoms with E-state index in [1.165, 1.54) is 17.9 Å². The minimum Gasteiger partial charge on any atom is -0.450 e. The highest BCUT2D eigenvalue weighted by Crippen LogP contribution is 2.37. The molecule has 0 bridgehead atoms. The molecule has 0 aliphatic carbocycles. The molecule has 2 saturated heterocycles. The summed E-state index contributed by atoms with van der Waals surface area (Å²) in [4.78, 5) is 38.1. The van der Waals surface area contributed by atoms with Crippen LogP contribution in [-0.2, 0) is 14.3 Å². The number of amides is 3. The Balaban J connectivity index is 1.67. The van der Waals surface area contributed by atoms with Gasteiger partial charge in [0.05, 0.1) is 48.6 Å². The second-order valence-corrected chi connectivity index (χ2v) is 8.37. The number of alkyl carbamates (subject to hydrolysis) is 1. The number of ether oxygens (including phenoxy) is 2. The molecule has 3 amide bonds. The van der Waals surface area contributed by atoms with Gasteiger partial charge in [0.15, 0.2) is 0 Å². The molecule has 2 aliphatic heterocycles. The highest BCUT2D eigenvalue weighted by molar-refractivity contribution is 5.90. The number of cyclic esters (lactones) is 1. The molecular formula is C23H27FN6O5. The molecule has 2 aliphatic rings. The first kappa shape index (κ1) is 25.6. The van der Waals surface area contributed by atoms with E-state index in [-0.39, 0.29) is 51.5 Å².